The number of carbonyl (C=O) groups excluding carboxylic acids is 1. The number of esters is 1. The summed E-state index contributed by atoms with van der Waals surface area (Å²) in [6.07, 6.45) is 4.11. The average Bonchev–Trinajstić information content (AvgIpc) is 2.25. The molecule has 3 nitrogen and oxygen atoms in total. The van der Waals surface area contributed by atoms with Crippen LogP contribution < -0.4 is 0 Å². The average molecular weight is 261 g/mol. The molecule has 0 amide bonds. The van der Waals surface area contributed by atoms with E-state index in [1.807, 2.05) is 6.08 Å². The lowest BCUT2D eigenvalue weighted by atomic mass is 10.1. The normalized spacial score (nSPS) is 14.1. The highest BCUT2D eigenvalue weighted by molar-refractivity contribution is 6.21. The zero-order chi connectivity index (χ0) is 13.5. The standard InChI is InChI=1S/C13H21ClO3/c1-6-11(14)9-8-10(3)17-13(4,5)12(15)16-7-2/h6,8,11H,1,7,9H2,2-5H3/b10-8+. The molecule has 17 heavy (non-hydrogen) atoms. The van der Waals surface area contributed by atoms with Crippen molar-refractivity contribution < 1.29 is 14.3 Å². The molecule has 0 heterocycles. The molecule has 0 aliphatic heterocycles. The highest BCUT2D eigenvalue weighted by atomic mass is 35.5. The highest BCUT2D eigenvalue weighted by Crippen LogP contribution is 2.17. The Morgan fingerprint density at radius 1 is 1.53 bits per heavy atom. The maximum absolute atomic E-state index is 11.6. The molecule has 98 valence electrons. The van der Waals surface area contributed by atoms with Gasteiger partial charge in [-0.25, -0.2) is 4.79 Å². The predicted octanol–water partition coefficient (Wildman–Crippen LogP) is 3.43. The molecule has 0 aromatic heterocycles. The Kier molecular flexibility index (Phi) is 6.97. The van der Waals surface area contributed by atoms with E-state index in [4.69, 9.17) is 21.1 Å². The van der Waals surface area contributed by atoms with Crippen LogP contribution >= 0.6 is 11.6 Å². The Labute approximate surface area is 108 Å². The maximum Gasteiger partial charge on any atom is 0.349 e. The fraction of sp³-hybridized carbons (Fsp3) is 0.615. The first-order chi connectivity index (χ1) is 7.83. The Morgan fingerprint density at radius 2 is 2.12 bits per heavy atom. The number of halogens is 1. The number of ether oxygens (including phenoxy) is 2. The van der Waals surface area contributed by atoms with E-state index in [-0.39, 0.29) is 11.3 Å². The Balaban J connectivity index is 4.39. The minimum atomic E-state index is -0.980. The molecule has 0 aromatic carbocycles. The third-order valence-corrected chi connectivity index (χ3v) is 2.43. The van der Waals surface area contributed by atoms with Gasteiger partial charge in [0.1, 0.15) is 0 Å². The molecule has 0 saturated heterocycles. The van der Waals surface area contributed by atoms with Gasteiger partial charge < -0.3 is 9.47 Å². The molecule has 1 unspecified atom stereocenters. The van der Waals surface area contributed by atoms with Crippen molar-refractivity contribution in [3.05, 3.63) is 24.5 Å². The third-order valence-electron chi connectivity index (χ3n) is 2.07. The summed E-state index contributed by atoms with van der Waals surface area (Å²) >= 11 is 5.88. The van der Waals surface area contributed by atoms with Gasteiger partial charge in [-0.1, -0.05) is 6.08 Å². The number of allylic oxidation sites excluding steroid dienone is 3. The van der Waals surface area contributed by atoms with E-state index < -0.39 is 5.60 Å². The van der Waals surface area contributed by atoms with Gasteiger partial charge in [0.15, 0.2) is 5.60 Å². The number of hydrogen-bond acceptors (Lipinski definition) is 3. The first-order valence-electron chi connectivity index (χ1n) is 5.63. The lowest BCUT2D eigenvalue weighted by molar-refractivity contribution is -0.163. The van der Waals surface area contributed by atoms with Gasteiger partial charge in [0, 0.05) is 0 Å². The summed E-state index contributed by atoms with van der Waals surface area (Å²) < 4.78 is 10.5. The van der Waals surface area contributed by atoms with Gasteiger partial charge in [-0.3, -0.25) is 0 Å². The number of carbonyl (C=O) groups is 1. The number of rotatable bonds is 7. The van der Waals surface area contributed by atoms with Crippen LogP contribution in [-0.4, -0.2) is 23.6 Å². The van der Waals surface area contributed by atoms with Crippen LogP contribution in [0.3, 0.4) is 0 Å². The van der Waals surface area contributed by atoms with E-state index in [1.54, 1.807) is 33.8 Å². The molecule has 0 rings (SSSR count). The van der Waals surface area contributed by atoms with E-state index in [0.717, 1.165) is 0 Å². The van der Waals surface area contributed by atoms with Crippen LogP contribution in [0.1, 0.15) is 34.1 Å². The van der Waals surface area contributed by atoms with Crippen LogP contribution in [0.4, 0.5) is 0 Å². The minimum Gasteiger partial charge on any atom is -0.481 e. The smallest absolute Gasteiger partial charge is 0.349 e. The second-order valence-corrected chi connectivity index (χ2v) is 4.70. The zero-order valence-corrected chi connectivity index (χ0v) is 11.7. The number of alkyl halides is 1. The lowest BCUT2D eigenvalue weighted by Crippen LogP contribution is -2.36. The predicted molar refractivity (Wildman–Crippen MR) is 70.0 cm³/mol. The van der Waals surface area contributed by atoms with Gasteiger partial charge in [-0.2, -0.15) is 0 Å². The molecule has 0 bridgehead atoms. The van der Waals surface area contributed by atoms with E-state index in [2.05, 4.69) is 6.58 Å². The molecule has 0 aromatic rings. The van der Waals surface area contributed by atoms with Crippen molar-refractivity contribution in [1.82, 2.24) is 0 Å². The summed E-state index contributed by atoms with van der Waals surface area (Å²) in [4.78, 5) is 11.6. The van der Waals surface area contributed by atoms with Gasteiger partial charge in [0.25, 0.3) is 0 Å². The SMILES string of the molecule is C=CC(Cl)C/C=C(\C)OC(C)(C)C(=O)OCC. The summed E-state index contributed by atoms with van der Waals surface area (Å²) in [5, 5.41) is -0.126. The van der Waals surface area contributed by atoms with Gasteiger partial charge in [0.05, 0.1) is 17.7 Å². The molecule has 0 fully saturated rings. The third kappa shape index (κ3) is 6.37. The summed E-state index contributed by atoms with van der Waals surface area (Å²) in [5.74, 6) is 0.273. The van der Waals surface area contributed by atoms with Gasteiger partial charge >= 0.3 is 5.97 Å². The van der Waals surface area contributed by atoms with Crippen molar-refractivity contribution >= 4 is 17.6 Å². The molecule has 0 radical (unpaired) electrons. The van der Waals surface area contributed by atoms with E-state index in [1.165, 1.54) is 0 Å². The van der Waals surface area contributed by atoms with Gasteiger partial charge in [0.2, 0.25) is 0 Å². The maximum atomic E-state index is 11.6. The Hall–Kier alpha value is -0.960. The molecule has 0 aliphatic rings. The molecule has 1 atom stereocenters. The van der Waals surface area contributed by atoms with Crippen molar-refractivity contribution in [2.75, 3.05) is 6.61 Å². The largest absolute Gasteiger partial charge is 0.481 e. The van der Waals surface area contributed by atoms with Crippen molar-refractivity contribution in [1.29, 1.82) is 0 Å². The number of hydrogen-bond donors (Lipinski definition) is 0. The van der Waals surface area contributed by atoms with Crippen LogP contribution in [0.25, 0.3) is 0 Å². The van der Waals surface area contributed by atoms with Crippen molar-refractivity contribution in [3.8, 4) is 0 Å². The monoisotopic (exact) mass is 260 g/mol. The zero-order valence-electron chi connectivity index (χ0n) is 11.0. The second kappa shape index (κ2) is 7.38. The highest BCUT2D eigenvalue weighted by Gasteiger charge is 2.31. The van der Waals surface area contributed by atoms with Crippen molar-refractivity contribution in [3.63, 3.8) is 0 Å². The second-order valence-electron chi connectivity index (χ2n) is 4.14. The molecule has 4 heteroatoms. The lowest BCUT2D eigenvalue weighted by Gasteiger charge is -2.24. The fourth-order valence-electron chi connectivity index (χ4n) is 1.17. The topological polar surface area (TPSA) is 35.5 Å². The molecule has 0 aliphatic carbocycles. The van der Waals surface area contributed by atoms with Crippen LogP contribution in [0.15, 0.2) is 24.5 Å². The first kappa shape index (κ1) is 16.0. The van der Waals surface area contributed by atoms with Crippen molar-refractivity contribution in [2.24, 2.45) is 0 Å². The molecule has 0 N–H and O–H groups in total. The van der Waals surface area contributed by atoms with Crippen LogP contribution in [0, 0.1) is 0 Å². The summed E-state index contributed by atoms with van der Waals surface area (Å²) in [7, 11) is 0. The fourth-order valence-corrected chi connectivity index (χ4v) is 1.25. The van der Waals surface area contributed by atoms with Crippen LogP contribution in [0.2, 0.25) is 0 Å². The summed E-state index contributed by atoms with van der Waals surface area (Å²) in [6, 6.07) is 0. The van der Waals surface area contributed by atoms with E-state index in [0.29, 0.717) is 18.8 Å². The molecule has 0 saturated carbocycles. The molecular weight excluding hydrogens is 240 g/mol. The van der Waals surface area contributed by atoms with E-state index >= 15 is 0 Å². The quantitative estimate of drug-likeness (QED) is 0.304. The van der Waals surface area contributed by atoms with Crippen LogP contribution in [0.5, 0.6) is 0 Å². The molecule has 0 spiro atoms. The van der Waals surface area contributed by atoms with E-state index in [9.17, 15) is 4.79 Å². The van der Waals surface area contributed by atoms with Gasteiger partial charge in [-0.05, 0) is 40.2 Å². The van der Waals surface area contributed by atoms with Crippen molar-refractivity contribution in [2.45, 2.75) is 45.1 Å². The first-order valence-corrected chi connectivity index (χ1v) is 6.06. The minimum absolute atomic E-state index is 0.126. The Bertz CT molecular complexity index is 295. The van der Waals surface area contributed by atoms with Gasteiger partial charge in [-0.15, -0.1) is 18.2 Å². The summed E-state index contributed by atoms with van der Waals surface area (Å²) in [5.41, 5.74) is -0.980. The Morgan fingerprint density at radius 3 is 2.59 bits per heavy atom. The van der Waals surface area contributed by atoms with Crippen LogP contribution in [-0.2, 0) is 14.3 Å². The molecular formula is C13H21ClO3. The summed E-state index contributed by atoms with van der Waals surface area (Å²) in [6.45, 7) is 10.8.